The molecular formula is C22H24N2O4. The van der Waals surface area contributed by atoms with Gasteiger partial charge in [0.15, 0.2) is 11.5 Å². The highest BCUT2D eigenvalue weighted by atomic mass is 16.6. The van der Waals surface area contributed by atoms with Gasteiger partial charge in [-0.15, -0.1) is 0 Å². The van der Waals surface area contributed by atoms with Gasteiger partial charge in [-0.1, -0.05) is 24.3 Å². The Balaban J connectivity index is 1.41. The second-order valence-electron chi connectivity index (χ2n) is 6.82. The van der Waals surface area contributed by atoms with Crippen molar-refractivity contribution in [2.75, 3.05) is 39.5 Å². The molecule has 1 saturated heterocycles. The summed E-state index contributed by atoms with van der Waals surface area (Å²) in [6.45, 7) is 4.70. The molecule has 1 aliphatic heterocycles. The summed E-state index contributed by atoms with van der Waals surface area (Å²) in [4.78, 5) is 19.3. The Morgan fingerprint density at radius 3 is 2.75 bits per heavy atom. The maximum absolute atomic E-state index is 12.6. The molecule has 4 rings (SSSR count). The van der Waals surface area contributed by atoms with Crippen LogP contribution in [0.15, 0.2) is 36.5 Å². The van der Waals surface area contributed by atoms with Gasteiger partial charge < -0.3 is 14.2 Å². The van der Waals surface area contributed by atoms with Crippen LogP contribution in [0, 0.1) is 0 Å². The van der Waals surface area contributed by atoms with Gasteiger partial charge in [-0.2, -0.15) is 0 Å². The third kappa shape index (κ3) is 4.58. The van der Waals surface area contributed by atoms with Gasteiger partial charge in [0.1, 0.15) is 6.61 Å². The Morgan fingerprint density at radius 1 is 1.11 bits per heavy atom. The monoisotopic (exact) mass is 380 g/mol. The van der Waals surface area contributed by atoms with Gasteiger partial charge in [0.25, 0.3) is 0 Å². The van der Waals surface area contributed by atoms with E-state index in [0.29, 0.717) is 23.7 Å². The van der Waals surface area contributed by atoms with Crippen LogP contribution in [0.5, 0.6) is 11.5 Å². The van der Waals surface area contributed by atoms with Crippen molar-refractivity contribution < 1.29 is 19.0 Å². The molecule has 0 saturated carbocycles. The maximum Gasteiger partial charge on any atom is 0.345 e. The number of para-hydroxylation sites is 2. The number of nitrogens with zero attached hydrogens (tertiary/aromatic N) is 2. The summed E-state index contributed by atoms with van der Waals surface area (Å²) in [6.07, 6.45) is 7.70. The highest BCUT2D eigenvalue weighted by Gasteiger charge is 2.14. The summed E-state index contributed by atoms with van der Waals surface area (Å²) >= 11 is 0. The van der Waals surface area contributed by atoms with Crippen molar-refractivity contribution in [1.82, 2.24) is 9.88 Å². The third-order valence-corrected chi connectivity index (χ3v) is 4.87. The van der Waals surface area contributed by atoms with Crippen molar-refractivity contribution in [3.8, 4) is 11.5 Å². The van der Waals surface area contributed by atoms with Gasteiger partial charge in [-0.25, -0.2) is 4.79 Å². The van der Waals surface area contributed by atoms with Crippen LogP contribution in [0.3, 0.4) is 0 Å². The zero-order chi connectivity index (χ0) is 19.2. The smallest absolute Gasteiger partial charge is 0.345 e. The fourth-order valence-corrected chi connectivity index (χ4v) is 3.32. The van der Waals surface area contributed by atoms with E-state index in [-0.39, 0.29) is 0 Å². The van der Waals surface area contributed by atoms with Crippen LogP contribution in [0.25, 0.3) is 12.2 Å². The van der Waals surface area contributed by atoms with Gasteiger partial charge in [0.2, 0.25) is 0 Å². The van der Waals surface area contributed by atoms with E-state index in [9.17, 15) is 4.79 Å². The molecule has 1 aromatic carbocycles. The van der Waals surface area contributed by atoms with Crippen molar-refractivity contribution >= 4 is 18.1 Å². The number of hydrogen-bond donors (Lipinski definition) is 0. The molecule has 6 nitrogen and oxygen atoms in total. The van der Waals surface area contributed by atoms with Gasteiger partial charge in [0.05, 0.1) is 24.1 Å². The van der Waals surface area contributed by atoms with Crippen molar-refractivity contribution in [3.05, 3.63) is 52.7 Å². The molecule has 0 atom stereocenters. The number of fused-ring (bicyclic) bond motifs is 1. The number of esters is 1. The van der Waals surface area contributed by atoms with E-state index in [4.69, 9.17) is 14.2 Å². The van der Waals surface area contributed by atoms with Gasteiger partial charge in [0, 0.05) is 25.8 Å². The average Bonchev–Trinajstić information content (AvgIpc) is 2.75. The predicted molar refractivity (Wildman–Crippen MR) is 106 cm³/mol. The molecule has 2 aromatic rings. The standard InChI is InChI=1S/C22H24N2O4/c25-22(18-15-17-5-1-2-6-19(17)23-16-18)28-21-8-4-3-7-20(21)27-14-11-24-9-12-26-13-10-24/h3-8,15-16H,1-2,9-14H2. The van der Waals surface area contributed by atoms with Crippen molar-refractivity contribution in [2.24, 2.45) is 0 Å². The lowest BCUT2D eigenvalue weighted by molar-refractivity contribution is 0.0320. The quantitative estimate of drug-likeness (QED) is 0.557. The van der Waals surface area contributed by atoms with Gasteiger partial charge in [-0.3, -0.25) is 9.88 Å². The Bertz CT molecular complexity index is 951. The Hall–Kier alpha value is -2.70. The summed E-state index contributed by atoms with van der Waals surface area (Å²) in [5.74, 6) is 0.552. The minimum absolute atomic E-state index is 0.419. The molecule has 0 spiro atoms. The van der Waals surface area contributed by atoms with E-state index in [0.717, 1.165) is 56.3 Å². The van der Waals surface area contributed by atoms with Crippen molar-refractivity contribution in [2.45, 2.75) is 12.8 Å². The van der Waals surface area contributed by atoms with Crippen LogP contribution in [-0.4, -0.2) is 55.3 Å². The molecule has 1 fully saturated rings. The lowest BCUT2D eigenvalue weighted by Crippen LogP contribution is -2.38. The maximum atomic E-state index is 12.6. The second-order valence-corrected chi connectivity index (χ2v) is 6.82. The van der Waals surface area contributed by atoms with Crippen molar-refractivity contribution in [1.29, 1.82) is 0 Å². The van der Waals surface area contributed by atoms with Crippen LogP contribution in [-0.2, 0) is 4.74 Å². The minimum Gasteiger partial charge on any atom is -0.488 e. The largest absolute Gasteiger partial charge is 0.488 e. The zero-order valence-electron chi connectivity index (χ0n) is 15.8. The second kappa shape index (κ2) is 8.99. The van der Waals surface area contributed by atoms with Crippen LogP contribution in [0.4, 0.5) is 0 Å². The number of carbonyl (C=O) groups is 1. The summed E-state index contributed by atoms with van der Waals surface area (Å²) in [7, 11) is 0. The number of pyridine rings is 1. The van der Waals surface area contributed by atoms with Crippen LogP contribution >= 0.6 is 0 Å². The van der Waals surface area contributed by atoms with Gasteiger partial charge in [-0.05, 0) is 36.3 Å². The number of rotatable bonds is 6. The molecule has 0 amide bonds. The normalized spacial score (nSPS) is 16.4. The number of morpholine rings is 1. The molecule has 2 heterocycles. The predicted octanol–water partition coefficient (Wildman–Crippen LogP) is 1.37. The molecule has 28 heavy (non-hydrogen) atoms. The number of carbonyl (C=O) groups excluding carboxylic acids is 1. The lowest BCUT2D eigenvalue weighted by atomic mass is 10.1. The Labute approximate surface area is 164 Å². The molecule has 2 aliphatic rings. The SMILES string of the molecule is O=C(Oc1ccccc1OCCN1CCOCC1)c1cnc2c(c1)=CCCC=2. The Morgan fingerprint density at radius 2 is 1.89 bits per heavy atom. The third-order valence-electron chi connectivity index (χ3n) is 4.87. The molecule has 0 bridgehead atoms. The number of aromatic nitrogens is 1. The van der Waals surface area contributed by atoms with E-state index < -0.39 is 5.97 Å². The number of hydrogen-bond acceptors (Lipinski definition) is 6. The summed E-state index contributed by atoms with van der Waals surface area (Å²) < 4.78 is 16.8. The summed E-state index contributed by atoms with van der Waals surface area (Å²) in [5.41, 5.74) is 0.438. The minimum atomic E-state index is -0.432. The van der Waals surface area contributed by atoms with Crippen LogP contribution in [0.2, 0.25) is 0 Å². The van der Waals surface area contributed by atoms with Crippen LogP contribution in [0.1, 0.15) is 23.2 Å². The number of ether oxygens (including phenoxy) is 3. The first-order valence-corrected chi connectivity index (χ1v) is 9.70. The zero-order valence-corrected chi connectivity index (χ0v) is 15.8. The van der Waals surface area contributed by atoms with E-state index in [1.807, 2.05) is 24.3 Å². The molecule has 0 radical (unpaired) electrons. The lowest BCUT2D eigenvalue weighted by Gasteiger charge is -2.26. The highest BCUT2D eigenvalue weighted by Crippen LogP contribution is 2.27. The summed E-state index contributed by atoms with van der Waals surface area (Å²) in [6, 6.07) is 9.09. The summed E-state index contributed by atoms with van der Waals surface area (Å²) in [5, 5.41) is 1.91. The first kappa shape index (κ1) is 18.7. The molecule has 1 aromatic heterocycles. The fourth-order valence-electron chi connectivity index (χ4n) is 3.32. The van der Waals surface area contributed by atoms with E-state index >= 15 is 0 Å². The highest BCUT2D eigenvalue weighted by molar-refractivity contribution is 5.91. The fraction of sp³-hybridized carbons (Fsp3) is 0.364. The molecule has 146 valence electrons. The van der Waals surface area contributed by atoms with Crippen molar-refractivity contribution in [3.63, 3.8) is 0 Å². The molecule has 0 N–H and O–H groups in total. The molecule has 6 heteroatoms. The number of benzene rings is 1. The first-order valence-electron chi connectivity index (χ1n) is 9.70. The van der Waals surface area contributed by atoms with Gasteiger partial charge >= 0.3 is 5.97 Å². The first-order chi connectivity index (χ1) is 13.8. The van der Waals surface area contributed by atoms with Crippen LogP contribution < -0.4 is 20.0 Å². The Kier molecular flexibility index (Phi) is 5.99. The molecular weight excluding hydrogens is 356 g/mol. The van der Waals surface area contributed by atoms with E-state index in [1.165, 1.54) is 0 Å². The molecule has 0 unspecified atom stereocenters. The molecule has 1 aliphatic carbocycles. The van der Waals surface area contributed by atoms with E-state index in [1.54, 1.807) is 12.3 Å². The average molecular weight is 380 g/mol. The van der Waals surface area contributed by atoms with E-state index in [2.05, 4.69) is 22.0 Å². The topological polar surface area (TPSA) is 60.9 Å².